The van der Waals surface area contributed by atoms with E-state index in [0.29, 0.717) is 17.5 Å². The number of benzene rings is 2. The Hall–Kier alpha value is -2.70. The zero-order chi connectivity index (χ0) is 20.1. The maximum Gasteiger partial charge on any atom is 0.263 e. The molecule has 0 unspecified atom stereocenters. The Kier molecular flexibility index (Phi) is 6.22. The quantitative estimate of drug-likeness (QED) is 0.677. The highest BCUT2D eigenvalue weighted by molar-refractivity contribution is 7.08. The van der Waals surface area contributed by atoms with Gasteiger partial charge in [-0.25, -0.2) is 0 Å². The predicted octanol–water partition coefficient (Wildman–Crippen LogP) is 3.75. The van der Waals surface area contributed by atoms with Gasteiger partial charge in [-0.1, -0.05) is 48.5 Å². The fourth-order valence-corrected chi connectivity index (χ4v) is 4.32. The maximum atomic E-state index is 12.5. The number of carbonyl (C=O) groups excluding carboxylic acids is 1. The van der Waals surface area contributed by atoms with Crippen molar-refractivity contribution in [2.45, 2.75) is 13.0 Å². The zero-order valence-electron chi connectivity index (χ0n) is 16.6. The van der Waals surface area contributed by atoms with E-state index in [4.69, 9.17) is 0 Å². The van der Waals surface area contributed by atoms with Crippen LogP contribution >= 0.6 is 11.5 Å². The van der Waals surface area contributed by atoms with Crippen LogP contribution in [0, 0.1) is 0 Å². The topological polar surface area (TPSA) is 48.5 Å². The molecule has 2 aromatic carbocycles. The molecule has 5 nitrogen and oxygen atoms in total. The molecule has 1 saturated heterocycles. The van der Waals surface area contributed by atoms with Gasteiger partial charge in [0.2, 0.25) is 0 Å². The van der Waals surface area contributed by atoms with Crippen LogP contribution in [-0.4, -0.2) is 53.9 Å². The highest BCUT2D eigenvalue weighted by Gasteiger charge is 2.22. The molecule has 1 N–H and O–H groups in total. The number of hydrogen-bond acceptors (Lipinski definition) is 5. The summed E-state index contributed by atoms with van der Waals surface area (Å²) in [5, 5.41) is 3.08. The van der Waals surface area contributed by atoms with Crippen LogP contribution < -0.4 is 10.2 Å². The molecular formula is C23H26N4OS. The number of carbonyl (C=O) groups is 1. The third-order valence-electron chi connectivity index (χ3n) is 5.42. The summed E-state index contributed by atoms with van der Waals surface area (Å²) in [6, 6.07) is 22.7. The first kappa shape index (κ1) is 19.6. The monoisotopic (exact) mass is 406 g/mol. The van der Waals surface area contributed by atoms with E-state index in [-0.39, 0.29) is 5.91 Å². The number of para-hydroxylation sites is 1. The Balaban J connectivity index is 1.26. The Morgan fingerprint density at radius 1 is 1.03 bits per heavy atom. The van der Waals surface area contributed by atoms with E-state index in [1.165, 1.54) is 17.2 Å². The van der Waals surface area contributed by atoms with Crippen LogP contribution in [0.5, 0.6) is 0 Å². The molecule has 1 amide bonds. The minimum absolute atomic E-state index is 0.0422. The van der Waals surface area contributed by atoms with Gasteiger partial charge in [0.15, 0.2) is 0 Å². The van der Waals surface area contributed by atoms with Crippen LogP contribution in [0.3, 0.4) is 0 Å². The first-order valence-corrected chi connectivity index (χ1v) is 10.8. The van der Waals surface area contributed by atoms with Gasteiger partial charge in [0.25, 0.3) is 5.91 Å². The smallest absolute Gasteiger partial charge is 0.263 e. The van der Waals surface area contributed by atoms with E-state index >= 15 is 0 Å². The number of piperazine rings is 1. The molecule has 0 radical (unpaired) electrons. The summed E-state index contributed by atoms with van der Waals surface area (Å²) >= 11 is 1.26. The fourth-order valence-electron chi connectivity index (χ4n) is 3.64. The van der Waals surface area contributed by atoms with Crippen molar-refractivity contribution in [2.75, 3.05) is 37.6 Å². The summed E-state index contributed by atoms with van der Waals surface area (Å²) in [6.07, 6.45) is 0. The van der Waals surface area contributed by atoms with Crippen molar-refractivity contribution in [1.29, 1.82) is 0 Å². The van der Waals surface area contributed by atoms with Crippen LogP contribution in [0.15, 0.2) is 66.7 Å². The van der Waals surface area contributed by atoms with E-state index in [2.05, 4.69) is 56.7 Å². The molecule has 1 aromatic heterocycles. The van der Waals surface area contributed by atoms with Crippen molar-refractivity contribution in [3.05, 3.63) is 71.6 Å². The number of nitrogens with one attached hydrogen (secondary N) is 1. The summed E-state index contributed by atoms with van der Waals surface area (Å²) < 4.78 is 4.43. The molecule has 1 fully saturated rings. The normalized spacial score (nSPS) is 15.8. The number of nitrogens with zero attached hydrogens (tertiary/aromatic N) is 3. The van der Waals surface area contributed by atoms with Crippen molar-refractivity contribution < 1.29 is 4.79 Å². The zero-order valence-corrected chi connectivity index (χ0v) is 17.4. The van der Waals surface area contributed by atoms with E-state index in [1.807, 2.05) is 36.4 Å². The van der Waals surface area contributed by atoms with Crippen molar-refractivity contribution in [1.82, 2.24) is 14.6 Å². The van der Waals surface area contributed by atoms with Crippen molar-refractivity contribution in [2.24, 2.45) is 0 Å². The van der Waals surface area contributed by atoms with Gasteiger partial charge in [-0.15, -0.1) is 0 Å². The summed E-state index contributed by atoms with van der Waals surface area (Å²) in [5.41, 5.74) is 3.17. The molecule has 0 bridgehead atoms. The van der Waals surface area contributed by atoms with Crippen molar-refractivity contribution in [3.63, 3.8) is 0 Å². The number of rotatable bonds is 6. The lowest BCUT2D eigenvalue weighted by Crippen LogP contribution is -2.52. The minimum Gasteiger partial charge on any atom is -0.369 e. The van der Waals surface area contributed by atoms with Gasteiger partial charge < -0.3 is 10.2 Å². The fraction of sp³-hybridized carbons (Fsp3) is 0.304. The van der Waals surface area contributed by atoms with E-state index in [9.17, 15) is 4.79 Å². The molecule has 3 aromatic rings. The molecule has 1 aliphatic rings. The molecular weight excluding hydrogens is 380 g/mol. The third-order valence-corrected chi connectivity index (χ3v) is 6.21. The molecule has 0 spiro atoms. The molecule has 0 aliphatic carbocycles. The summed E-state index contributed by atoms with van der Waals surface area (Å²) in [6.45, 7) is 6.85. The molecule has 6 heteroatoms. The first-order chi connectivity index (χ1) is 14.2. The van der Waals surface area contributed by atoms with Gasteiger partial charge in [0.1, 0.15) is 4.88 Å². The van der Waals surface area contributed by atoms with E-state index < -0.39 is 0 Å². The Bertz CT molecular complexity index is 920. The average Bonchev–Trinajstić information content (AvgIpc) is 3.29. The molecule has 2 heterocycles. The third kappa shape index (κ3) is 4.83. The average molecular weight is 407 g/mol. The van der Waals surface area contributed by atoms with Gasteiger partial charge in [0, 0.05) is 50.0 Å². The number of anilines is 1. The highest BCUT2D eigenvalue weighted by Crippen LogP contribution is 2.21. The lowest BCUT2D eigenvalue weighted by atomic mass is 10.1. The van der Waals surface area contributed by atoms with Crippen molar-refractivity contribution in [3.8, 4) is 11.3 Å². The number of hydrogen-bond donors (Lipinski definition) is 1. The predicted molar refractivity (Wildman–Crippen MR) is 120 cm³/mol. The lowest BCUT2D eigenvalue weighted by molar-refractivity contribution is 0.0938. The maximum absolute atomic E-state index is 12.5. The summed E-state index contributed by atoms with van der Waals surface area (Å²) in [4.78, 5) is 18.1. The minimum atomic E-state index is -0.0422. The van der Waals surface area contributed by atoms with E-state index in [0.717, 1.165) is 37.4 Å². The molecule has 1 atom stereocenters. The van der Waals surface area contributed by atoms with Crippen LogP contribution in [0.2, 0.25) is 0 Å². The molecule has 150 valence electrons. The van der Waals surface area contributed by atoms with Crippen LogP contribution in [-0.2, 0) is 0 Å². The summed E-state index contributed by atoms with van der Waals surface area (Å²) in [5.74, 6) is -0.0422. The first-order valence-electron chi connectivity index (χ1n) is 10.0. The van der Waals surface area contributed by atoms with Gasteiger partial charge in [-0.3, -0.25) is 9.69 Å². The number of amides is 1. The second-order valence-electron chi connectivity index (χ2n) is 7.36. The van der Waals surface area contributed by atoms with Gasteiger partial charge in [0.05, 0.1) is 5.69 Å². The van der Waals surface area contributed by atoms with Gasteiger partial charge >= 0.3 is 0 Å². The summed E-state index contributed by atoms with van der Waals surface area (Å²) in [7, 11) is 0. The largest absolute Gasteiger partial charge is 0.369 e. The Labute approximate surface area is 176 Å². The van der Waals surface area contributed by atoms with Crippen LogP contribution in [0.1, 0.15) is 16.6 Å². The second-order valence-corrected chi connectivity index (χ2v) is 8.17. The van der Waals surface area contributed by atoms with Gasteiger partial charge in [-0.2, -0.15) is 4.37 Å². The molecule has 0 saturated carbocycles. The lowest BCUT2D eigenvalue weighted by Gasteiger charge is -2.39. The van der Waals surface area contributed by atoms with Crippen LogP contribution in [0.25, 0.3) is 11.3 Å². The van der Waals surface area contributed by atoms with E-state index in [1.54, 1.807) is 0 Å². The SMILES string of the molecule is C[C@H](CNC(=O)c1cc(-c2ccccc2)ns1)N1CCN(c2ccccc2)CC1. The second kappa shape index (κ2) is 9.20. The van der Waals surface area contributed by atoms with Crippen molar-refractivity contribution >= 4 is 23.1 Å². The molecule has 4 rings (SSSR count). The molecule has 1 aliphatic heterocycles. The van der Waals surface area contributed by atoms with Crippen LogP contribution in [0.4, 0.5) is 5.69 Å². The Morgan fingerprint density at radius 2 is 1.69 bits per heavy atom. The standard InChI is InChI=1S/C23H26N4OS/c1-18(26-12-14-27(15-13-26)20-10-6-3-7-11-20)17-24-23(28)22-16-21(25-29-22)19-8-4-2-5-9-19/h2-11,16,18H,12-15,17H2,1H3,(H,24,28)/t18-/m1/s1. The molecule has 29 heavy (non-hydrogen) atoms. The number of aromatic nitrogens is 1. The Morgan fingerprint density at radius 3 is 2.38 bits per heavy atom. The highest BCUT2D eigenvalue weighted by atomic mass is 32.1. The van der Waals surface area contributed by atoms with Gasteiger partial charge in [-0.05, 0) is 36.7 Å².